The molecule has 3 heteroatoms. The van der Waals surface area contributed by atoms with E-state index >= 15 is 0 Å². The fraction of sp³-hybridized carbons (Fsp3) is 0.500. The summed E-state index contributed by atoms with van der Waals surface area (Å²) in [6, 6.07) is 4.07. The summed E-state index contributed by atoms with van der Waals surface area (Å²) < 4.78 is 0. The van der Waals surface area contributed by atoms with E-state index in [1.54, 1.807) is 11.8 Å². The van der Waals surface area contributed by atoms with Crippen molar-refractivity contribution >= 4 is 11.8 Å². The molecule has 1 aromatic rings. The molecular formula is C10H15NOS. The van der Waals surface area contributed by atoms with Crippen molar-refractivity contribution in [2.75, 3.05) is 12.4 Å². The van der Waals surface area contributed by atoms with Crippen molar-refractivity contribution in [1.82, 2.24) is 4.98 Å². The molecule has 1 rings (SSSR count). The maximum Gasteiger partial charge on any atom is 0.0960 e. The molecule has 0 saturated carbocycles. The second kappa shape index (κ2) is 5.25. The normalized spacial score (nSPS) is 12.8. The molecule has 0 saturated heterocycles. The van der Waals surface area contributed by atoms with Crippen molar-refractivity contribution in [2.45, 2.75) is 18.9 Å². The second-order valence-corrected chi connectivity index (χ2v) is 4.31. The van der Waals surface area contributed by atoms with Crippen LogP contribution >= 0.6 is 11.8 Å². The van der Waals surface area contributed by atoms with Crippen LogP contribution < -0.4 is 0 Å². The van der Waals surface area contributed by atoms with Gasteiger partial charge in [-0.15, -0.1) is 11.8 Å². The van der Waals surface area contributed by atoms with Crippen molar-refractivity contribution in [3.8, 4) is 0 Å². The first-order valence-electron chi connectivity index (χ1n) is 4.38. The Morgan fingerprint density at radius 3 is 2.85 bits per heavy atom. The van der Waals surface area contributed by atoms with E-state index in [1.165, 1.54) is 5.56 Å². The summed E-state index contributed by atoms with van der Waals surface area (Å²) in [4.78, 5) is 4.27. The number of pyridine rings is 1. The van der Waals surface area contributed by atoms with Gasteiger partial charge in [0.2, 0.25) is 0 Å². The lowest BCUT2D eigenvalue weighted by atomic mass is 10.2. The van der Waals surface area contributed by atoms with Crippen LogP contribution in [0.1, 0.15) is 12.5 Å². The van der Waals surface area contributed by atoms with E-state index in [-0.39, 0.29) is 6.61 Å². The summed E-state index contributed by atoms with van der Waals surface area (Å²) in [7, 11) is 0. The molecule has 0 aliphatic carbocycles. The lowest BCUT2D eigenvalue weighted by molar-refractivity contribution is 0.250. The fourth-order valence-corrected chi connectivity index (χ4v) is 1.67. The quantitative estimate of drug-likeness (QED) is 0.750. The number of rotatable bonds is 4. The molecular weight excluding hydrogens is 182 g/mol. The molecule has 13 heavy (non-hydrogen) atoms. The molecule has 1 heterocycles. The van der Waals surface area contributed by atoms with Gasteiger partial charge in [0, 0.05) is 18.6 Å². The zero-order valence-corrected chi connectivity index (χ0v) is 8.84. The van der Waals surface area contributed by atoms with E-state index < -0.39 is 0 Å². The van der Waals surface area contributed by atoms with Crippen molar-refractivity contribution in [2.24, 2.45) is 5.92 Å². The summed E-state index contributed by atoms with van der Waals surface area (Å²) in [6.07, 6.45) is 1.87. The second-order valence-electron chi connectivity index (χ2n) is 3.27. The van der Waals surface area contributed by atoms with Crippen LogP contribution in [0.2, 0.25) is 0 Å². The van der Waals surface area contributed by atoms with Crippen LogP contribution in [-0.4, -0.2) is 22.5 Å². The van der Waals surface area contributed by atoms with Gasteiger partial charge in [0.25, 0.3) is 0 Å². The van der Waals surface area contributed by atoms with Crippen LogP contribution in [0.3, 0.4) is 0 Å². The number of aliphatic hydroxyl groups excluding tert-OH is 1. The SMILES string of the molecule is Cc1ccc(SCC(C)CO)nc1. The predicted octanol–water partition coefficient (Wildman–Crippen LogP) is 2.11. The van der Waals surface area contributed by atoms with Gasteiger partial charge in [0.15, 0.2) is 0 Å². The first kappa shape index (κ1) is 10.5. The molecule has 0 radical (unpaired) electrons. The van der Waals surface area contributed by atoms with Gasteiger partial charge in [-0.3, -0.25) is 0 Å². The molecule has 1 atom stereocenters. The average Bonchev–Trinajstić information content (AvgIpc) is 2.16. The Labute approximate surface area is 83.4 Å². The van der Waals surface area contributed by atoms with Crippen LogP contribution in [0.4, 0.5) is 0 Å². The number of thioether (sulfide) groups is 1. The van der Waals surface area contributed by atoms with E-state index in [9.17, 15) is 0 Å². The summed E-state index contributed by atoms with van der Waals surface area (Å²) >= 11 is 1.69. The molecule has 1 aromatic heterocycles. The molecule has 0 aliphatic rings. The zero-order valence-electron chi connectivity index (χ0n) is 8.03. The molecule has 0 fully saturated rings. The third kappa shape index (κ3) is 3.79. The van der Waals surface area contributed by atoms with E-state index in [1.807, 2.05) is 26.1 Å². The lowest BCUT2D eigenvalue weighted by Gasteiger charge is -2.06. The van der Waals surface area contributed by atoms with E-state index in [0.717, 1.165) is 10.8 Å². The monoisotopic (exact) mass is 197 g/mol. The number of aromatic nitrogens is 1. The Morgan fingerprint density at radius 2 is 2.31 bits per heavy atom. The van der Waals surface area contributed by atoms with Crippen LogP contribution in [0.5, 0.6) is 0 Å². The van der Waals surface area contributed by atoms with Crippen LogP contribution in [0.15, 0.2) is 23.4 Å². The van der Waals surface area contributed by atoms with Crippen LogP contribution in [0.25, 0.3) is 0 Å². The summed E-state index contributed by atoms with van der Waals surface area (Å²) in [6.45, 7) is 4.30. The van der Waals surface area contributed by atoms with Crippen LogP contribution in [0, 0.1) is 12.8 Å². The standard InChI is InChI=1S/C10H15NOS/c1-8-3-4-10(11-5-8)13-7-9(2)6-12/h3-5,9,12H,6-7H2,1-2H3. The van der Waals surface area contributed by atoms with Crippen molar-refractivity contribution in [3.63, 3.8) is 0 Å². The minimum absolute atomic E-state index is 0.249. The minimum atomic E-state index is 0.249. The first-order chi connectivity index (χ1) is 6.22. The predicted molar refractivity (Wildman–Crippen MR) is 55.9 cm³/mol. The summed E-state index contributed by atoms with van der Waals surface area (Å²) in [5.41, 5.74) is 1.18. The van der Waals surface area contributed by atoms with Crippen molar-refractivity contribution in [3.05, 3.63) is 23.9 Å². The van der Waals surface area contributed by atoms with Gasteiger partial charge in [-0.1, -0.05) is 13.0 Å². The molecule has 0 aliphatic heterocycles. The summed E-state index contributed by atoms with van der Waals surface area (Å²) in [5, 5.41) is 9.86. The lowest BCUT2D eigenvalue weighted by Crippen LogP contribution is -2.03. The largest absolute Gasteiger partial charge is 0.396 e. The number of hydrogen-bond acceptors (Lipinski definition) is 3. The molecule has 0 bridgehead atoms. The molecule has 0 aromatic carbocycles. The topological polar surface area (TPSA) is 33.1 Å². The minimum Gasteiger partial charge on any atom is -0.396 e. The highest BCUT2D eigenvalue weighted by molar-refractivity contribution is 7.99. The van der Waals surface area contributed by atoms with Gasteiger partial charge < -0.3 is 5.11 Å². The highest BCUT2D eigenvalue weighted by Crippen LogP contribution is 2.17. The number of nitrogens with zero attached hydrogens (tertiary/aromatic N) is 1. The zero-order chi connectivity index (χ0) is 9.68. The third-order valence-electron chi connectivity index (χ3n) is 1.71. The van der Waals surface area contributed by atoms with Crippen LogP contribution in [-0.2, 0) is 0 Å². The van der Waals surface area contributed by atoms with Crippen molar-refractivity contribution in [1.29, 1.82) is 0 Å². The van der Waals surface area contributed by atoms with Gasteiger partial charge in [-0.05, 0) is 24.5 Å². The molecule has 1 N–H and O–H groups in total. The number of aryl methyl sites for hydroxylation is 1. The Hall–Kier alpha value is -0.540. The molecule has 2 nitrogen and oxygen atoms in total. The molecule has 0 spiro atoms. The van der Waals surface area contributed by atoms with Crippen molar-refractivity contribution < 1.29 is 5.11 Å². The smallest absolute Gasteiger partial charge is 0.0960 e. The average molecular weight is 197 g/mol. The maximum atomic E-state index is 8.82. The molecule has 1 unspecified atom stereocenters. The Kier molecular flexibility index (Phi) is 4.25. The Balaban J connectivity index is 2.41. The van der Waals surface area contributed by atoms with Gasteiger partial charge >= 0.3 is 0 Å². The van der Waals surface area contributed by atoms with E-state index in [4.69, 9.17) is 5.11 Å². The van der Waals surface area contributed by atoms with Gasteiger partial charge in [-0.25, -0.2) is 4.98 Å². The van der Waals surface area contributed by atoms with E-state index in [0.29, 0.717) is 5.92 Å². The highest BCUT2D eigenvalue weighted by Gasteiger charge is 2.01. The summed E-state index contributed by atoms with van der Waals surface area (Å²) in [5.74, 6) is 1.26. The highest BCUT2D eigenvalue weighted by atomic mass is 32.2. The molecule has 0 amide bonds. The van der Waals surface area contributed by atoms with Gasteiger partial charge in [0.05, 0.1) is 5.03 Å². The Bertz CT molecular complexity index is 248. The van der Waals surface area contributed by atoms with E-state index in [2.05, 4.69) is 11.1 Å². The first-order valence-corrected chi connectivity index (χ1v) is 5.37. The number of hydrogen-bond donors (Lipinski definition) is 1. The molecule has 72 valence electrons. The third-order valence-corrected chi connectivity index (χ3v) is 2.98. The fourth-order valence-electron chi connectivity index (χ4n) is 0.820. The Morgan fingerprint density at radius 1 is 1.54 bits per heavy atom. The van der Waals surface area contributed by atoms with Gasteiger partial charge in [-0.2, -0.15) is 0 Å². The number of aliphatic hydroxyl groups is 1. The van der Waals surface area contributed by atoms with Gasteiger partial charge in [0.1, 0.15) is 0 Å². The maximum absolute atomic E-state index is 8.82.